The van der Waals surface area contributed by atoms with Crippen molar-refractivity contribution >= 4 is 5.91 Å². The maximum absolute atomic E-state index is 12.0. The normalized spacial score (nSPS) is 12.9. The number of hydrogen-bond acceptors (Lipinski definition) is 3. The van der Waals surface area contributed by atoms with E-state index in [2.05, 4.69) is 5.32 Å². The molecular formula is C11H24N2O2. The van der Waals surface area contributed by atoms with E-state index >= 15 is 0 Å². The fourth-order valence-electron chi connectivity index (χ4n) is 1.55. The number of carbonyl (C=O) groups excluding carboxylic acids is 1. The molecule has 0 bridgehead atoms. The minimum Gasteiger partial charge on any atom is -0.396 e. The van der Waals surface area contributed by atoms with Gasteiger partial charge in [-0.05, 0) is 19.4 Å². The van der Waals surface area contributed by atoms with E-state index in [0.717, 1.165) is 6.54 Å². The third kappa shape index (κ3) is 5.14. The molecular weight excluding hydrogens is 192 g/mol. The van der Waals surface area contributed by atoms with Gasteiger partial charge in [-0.2, -0.15) is 0 Å². The van der Waals surface area contributed by atoms with Crippen LogP contribution in [-0.4, -0.2) is 49.7 Å². The van der Waals surface area contributed by atoms with E-state index in [-0.39, 0.29) is 24.3 Å². The monoisotopic (exact) mass is 216 g/mol. The van der Waals surface area contributed by atoms with Crippen LogP contribution in [0.1, 0.15) is 20.3 Å². The topological polar surface area (TPSA) is 52.6 Å². The van der Waals surface area contributed by atoms with Gasteiger partial charge in [-0.25, -0.2) is 0 Å². The summed E-state index contributed by atoms with van der Waals surface area (Å²) < 4.78 is 0. The van der Waals surface area contributed by atoms with Crippen LogP contribution in [0.2, 0.25) is 0 Å². The van der Waals surface area contributed by atoms with Gasteiger partial charge in [0.25, 0.3) is 0 Å². The second-order valence-electron chi connectivity index (χ2n) is 4.23. The number of rotatable bonds is 7. The van der Waals surface area contributed by atoms with Gasteiger partial charge in [0.1, 0.15) is 0 Å². The second kappa shape index (κ2) is 7.65. The molecule has 0 aliphatic carbocycles. The van der Waals surface area contributed by atoms with E-state index in [0.29, 0.717) is 13.0 Å². The molecule has 0 aromatic rings. The van der Waals surface area contributed by atoms with E-state index in [4.69, 9.17) is 5.11 Å². The Morgan fingerprint density at radius 3 is 2.47 bits per heavy atom. The Morgan fingerprint density at radius 1 is 1.47 bits per heavy atom. The van der Waals surface area contributed by atoms with Crippen LogP contribution in [0.4, 0.5) is 0 Å². The lowest BCUT2D eigenvalue weighted by Crippen LogP contribution is -2.39. The lowest BCUT2D eigenvalue weighted by Gasteiger charge is -2.25. The molecule has 1 atom stereocenters. The summed E-state index contributed by atoms with van der Waals surface area (Å²) >= 11 is 0. The summed E-state index contributed by atoms with van der Waals surface area (Å²) in [5.41, 5.74) is 0. The Morgan fingerprint density at radius 2 is 2.07 bits per heavy atom. The molecule has 0 aromatic heterocycles. The SMILES string of the molecule is CNCCN(C)C(=O)C(CCO)C(C)C. The Balaban J connectivity index is 4.22. The summed E-state index contributed by atoms with van der Waals surface area (Å²) in [6.07, 6.45) is 0.556. The average Bonchev–Trinajstić information content (AvgIpc) is 2.21. The zero-order valence-corrected chi connectivity index (χ0v) is 10.3. The largest absolute Gasteiger partial charge is 0.396 e. The van der Waals surface area contributed by atoms with Crippen LogP contribution in [0, 0.1) is 11.8 Å². The molecule has 0 aromatic carbocycles. The van der Waals surface area contributed by atoms with Gasteiger partial charge >= 0.3 is 0 Å². The summed E-state index contributed by atoms with van der Waals surface area (Å²) in [4.78, 5) is 13.7. The third-order valence-corrected chi connectivity index (χ3v) is 2.64. The van der Waals surface area contributed by atoms with E-state index in [1.165, 1.54) is 0 Å². The van der Waals surface area contributed by atoms with Gasteiger partial charge in [-0.15, -0.1) is 0 Å². The minimum absolute atomic E-state index is 0.0585. The van der Waals surface area contributed by atoms with E-state index in [1.807, 2.05) is 27.9 Å². The Bertz CT molecular complexity index is 183. The first-order valence-electron chi connectivity index (χ1n) is 5.55. The zero-order valence-electron chi connectivity index (χ0n) is 10.3. The molecule has 15 heavy (non-hydrogen) atoms. The van der Waals surface area contributed by atoms with Crippen LogP contribution in [0.5, 0.6) is 0 Å². The quantitative estimate of drug-likeness (QED) is 0.644. The van der Waals surface area contributed by atoms with Crippen LogP contribution in [0.3, 0.4) is 0 Å². The molecule has 0 saturated carbocycles. The first kappa shape index (κ1) is 14.4. The van der Waals surface area contributed by atoms with E-state index in [9.17, 15) is 4.79 Å². The minimum atomic E-state index is -0.0585. The van der Waals surface area contributed by atoms with Crippen LogP contribution in [0.25, 0.3) is 0 Å². The van der Waals surface area contributed by atoms with Crippen molar-refractivity contribution in [2.75, 3.05) is 33.8 Å². The summed E-state index contributed by atoms with van der Waals surface area (Å²) in [5.74, 6) is 0.354. The summed E-state index contributed by atoms with van der Waals surface area (Å²) in [7, 11) is 3.68. The maximum atomic E-state index is 12.0. The van der Waals surface area contributed by atoms with Crippen molar-refractivity contribution in [3.63, 3.8) is 0 Å². The fraction of sp³-hybridized carbons (Fsp3) is 0.909. The van der Waals surface area contributed by atoms with Crippen molar-refractivity contribution in [3.8, 4) is 0 Å². The summed E-state index contributed by atoms with van der Waals surface area (Å²) in [6.45, 7) is 5.62. The van der Waals surface area contributed by atoms with Crippen LogP contribution in [-0.2, 0) is 4.79 Å². The smallest absolute Gasteiger partial charge is 0.225 e. The number of nitrogens with one attached hydrogen (secondary N) is 1. The molecule has 1 unspecified atom stereocenters. The van der Waals surface area contributed by atoms with Gasteiger partial charge in [0.15, 0.2) is 0 Å². The van der Waals surface area contributed by atoms with Crippen molar-refractivity contribution < 1.29 is 9.90 Å². The molecule has 4 nitrogen and oxygen atoms in total. The highest BCUT2D eigenvalue weighted by Crippen LogP contribution is 2.17. The summed E-state index contributed by atoms with van der Waals surface area (Å²) in [6, 6.07) is 0. The molecule has 2 N–H and O–H groups in total. The molecule has 0 spiro atoms. The summed E-state index contributed by atoms with van der Waals surface area (Å²) in [5, 5.41) is 11.9. The molecule has 0 aliphatic heterocycles. The van der Waals surface area contributed by atoms with E-state index < -0.39 is 0 Å². The molecule has 0 aliphatic rings. The number of likely N-dealkylation sites (N-methyl/N-ethyl adjacent to an activating group) is 2. The molecule has 0 radical (unpaired) electrons. The number of nitrogens with zero attached hydrogens (tertiary/aromatic N) is 1. The lowest BCUT2D eigenvalue weighted by molar-refractivity contribution is -0.136. The second-order valence-corrected chi connectivity index (χ2v) is 4.23. The molecule has 90 valence electrons. The predicted octanol–water partition coefficient (Wildman–Crippen LogP) is 0.319. The van der Waals surface area contributed by atoms with Crippen LogP contribution in [0.15, 0.2) is 0 Å². The number of aliphatic hydroxyl groups is 1. The highest BCUT2D eigenvalue weighted by Gasteiger charge is 2.24. The van der Waals surface area contributed by atoms with Gasteiger partial charge < -0.3 is 15.3 Å². The number of aliphatic hydroxyl groups excluding tert-OH is 1. The first-order valence-corrected chi connectivity index (χ1v) is 5.55. The third-order valence-electron chi connectivity index (χ3n) is 2.64. The van der Waals surface area contributed by atoms with Crippen LogP contribution >= 0.6 is 0 Å². The van der Waals surface area contributed by atoms with Crippen molar-refractivity contribution in [1.29, 1.82) is 0 Å². The molecule has 4 heteroatoms. The van der Waals surface area contributed by atoms with Gasteiger partial charge in [0, 0.05) is 32.7 Å². The Hall–Kier alpha value is -0.610. The van der Waals surface area contributed by atoms with Gasteiger partial charge in [-0.1, -0.05) is 13.8 Å². The number of hydrogen-bond donors (Lipinski definition) is 2. The van der Waals surface area contributed by atoms with Crippen molar-refractivity contribution in [2.45, 2.75) is 20.3 Å². The van der Waals surface area contributed by atoms with E-state index in [1.54, 1.807) is 4.90 Å². The first-order chi connectivity index (χ1) is 7.04. The highest BCUT2D eigenvalue weighted by atomic mass is 16.3. The predicted molar refractivity (Wildman–Crippen MR) is 61.6 cm³/mol. The maximum Gasteiger partial charge on any atom is 0.225 e. The number of amides is 1. The lowest BCUT2D eigenvalue weighted by atomic mass is 9.91. The van der Waals surface area contributed by atoms with Gasteiger partial charge in [0.2, 0.25) is 5.91 Å². The van der Waals surface area contributed by atoms with Gasteiger partial charge in [-0.3, -0.25) is 4.79 Å². The van der Waals surface area contributed by atoms with Crippen molar-refractivity contribution in [1.82, 2.24) is 10.2 Å². The molecule has 0 saturated heterocycles. The standard InChI is InChI=1S/C11H24N2O2/c1-9(2)10(5-8-14)11(15)13(4)7-6-12-3/h9-10,12,14H,5-8H2,1-4H3. The molecule has 0 rings (SSSR count). The Kier molecular flexibility index (Phi) is 7.34. The van der Waals surface area contributed by atoms with Crippen molar-refractivity contribution in [3.05, 3.63) is 0 Å². The van der Waals surface area contributed by atoms with Gasteiger partial charge in [0.05, 0.1) is 0 Å². The zero-order chi connectivity index (χ0) is 11.8. The number of carbonyl (C=O) groups is 1. The average molecular weight is 216 g/mol. The highest BCUT2D eigenvalue weighted by molar-refractivity contribution is 5.78. The fourth-order valence-corrected chi connectivity index (χ4v) is 1.55. The molecule has 0 fully saturated rings. The Labute approximate surface area is 92.7 Å². The molecule has 0 heterocycles. The molecule has 1 amide bonds. The van der Waals surface area contributed by atoms with Crippen LogP contribution < -0.4 is 5.32 Å². The van der Waals surface area contributed by atoms with Crippen molar-refractivity contribution in [2.24, 2.45) is 11.8 Å².